The third kappa shape index (κ3) is 3.28. The fraction of sp³-hybridized carbons (Fsp3) is 0.636. The van der Waals surface area contributed by atoms with Crippen LogP contribution in [-0.4, -0.2) is 38.7 Å². The van der Waals surface area contributed by atoms with Crippen LogP contribution in [0.15, 0.2) is 10.7 Å². The largest absolute Gasteiger partial charge is 0.408 e. The van der Waals surface area contributed by atoms with Gasteiger partial charge in [0.25, 0.3) is 0 Å². The van der Waals surface area contributed by atoms with Gasteiger partial charge in [0.15, 0.2) is 5.82 Å². The topological polar surface area (TPSA) is 90.9 Å². The molecule has 0 saturated heterocycles. The van der Waals surface area contributed by atoms with Gasteiger partial charge in [-0.3, -0.25) is 0 Å². The Hall–Kier alpha value is -1.96. The summed E-state index contributed by atoms with van der Waals surface area (Å²) in [7, 11) is 1.66. The Morgan fingerprint density at radius 1 is 1.42 bits per heavy atom. The average molecular weight is 266 g/mol. The van der Waals surface area contributed by atoms with Crippen LogP contribution < -0.4 is 5.32 Å². The lowest BCUT2D eigenvalue weighted by Crippen LogP contribution is -2.15. The highest BCUT2D eigenvalue weighted by atomic mass is 16.5. The van der Waals surface area contributed by atoms with Gasteiger partial charge in [0.05, 0.1) is 12.6 Å². The molecule has 2 aromatic heterocycles. The van der Waals surface area contributed by atoms with Gasteiger partial charge in [-0.2, -0.15) is 0 Å². The quantitative estimate of drug-likeness (QED) is 0.800. The highest BCUT2D eigenvalue weighted by Crippen LogP contribution is 2.16. The smallest absolute Gasteiger partial charge is 0.316 e. The molecular formula is C11H18N6O2. The zero-order valence-corrected chi connectivity index (χ0v) is 11.3. The predicted octanol–water partition coefficient (Wildman–Crippen LogP) is 1.04. The fourth-order valence-corrected chi connectivity index (χ4v) is 1.67. The van der Waals surface area contributed by atoms with Gasteiger partial charge in [-0.05, 0) is 6.92 Å². The van der Waals surface area contributed by atoms with Crippen LogP contribution in [0, 0.1) is 0 Å². The second-order valence-corrected chi connectivity index (χ2v) is 4.10. The van der Waals surface area contributed by atoms with Gasteiger partial charge >= 0.3 is 6.01 Å². The number of hydrogen-bond acceptors (Lipinski definition) is 7. The van der Waals surface area contributed by atoms with E-state index in [1.165, 1.54) is 0 Å². The van der Waals surface area contributed by atoms with E-state index in [9.17, 15) is 0 Å². The van der Waals surface area contributed by atoms with E-state index in [0.717, 1.165) is 5.82 Å². The molecule has 0 radical (unpaired) electrons. The van der Waals surface area contributed by atoms with Crippen molar-refractivity contribution >= 4 is 6.01 Å². The highest BCUT2D eigenvalue weighted by Gasteiger charge is 2.15. The monoisotopic (exact) mass is 266 g/mol. The first kappa shape index (κ1) is 13.5. The Morgan fingerprint density at radius 3 is 2.95 bits per heavy atom. The number of rotatable bonds is 7. The maximum atomic E-state index is 5.41. The zero-order valence-electron chi connectivity index (χ0n) is 11.3. The summed E-state index contributed by atoms with van der Waals surface area (Å²) in [6, 6.07) is 0.315. The number of hydrogen-bond donors (Lipinski definition) is 1. The normalized spacial score (nSPS) is 12.6. The van der Waals surface area contributed by atoms with Gasteiger partial charge in [-0.1, -0.05) is 12.0 Å². The van der Waals surface area contributed by atoms with Crippen LogP contribution in [0.25, 0.3) is 0 Å². The van der Waals surface area contributed by atoms with Gasteiger partial charge < -0.3 is 19.0 Å². The van der Waals surface area contributed by atoms with E-state index in [1.54, 1.807) is 13.4 Å². The molecule has 0 spiro atoms. The van der Waals surface area contributed by atoms with Crippen LogP contribution >= 0.6 is 0 Å². The number of aromatic nitrogens is 5. The van der Waals surface area contributed by atoms with Crippen LogP contribution in [0.1, 0.15) is 31.6 Å². The van der Waals surface area contributed by atoms with Crippen LogP contribution in [0.5, 0.6) is 0 Å². The van der Waals surface area contributed by atoms with Crippen molar-refractivity contribution in [2.75, 3.05) is 19.0 Å². The van der Waals surface area contributed by atoms with E-state index in [1.807, 2.05) is 18.4 Å². The molecule has 1 atom stereocenters. The summed E-state index contributed by atoms with van der Waals surface area (Å²) in [5.41, 5.74) is 0. The van der Waals surface area contributed by atoms with Crippen LogP contribution in [0.4, 0.5) is 6.01 Å². The van der Waals surface area contributed by atoms with Gasteiger partial charge in [-0.15, -0.1) is 15.3 Å². The van der Waals surface area contributed by atoms with Crippen molar-refractivity contribution in [3.63, 3.8) is 0 Å². The molecule has 0 fully saturated rings. The second kappa shape index (κ2) is 6.28. The molecule has 0 aromatic carbocycles. The molecule has 2 aromatic rings. The third-order valence-corrected chi connectivity index (χ3v) is 2.68. The lowest BCUT2D eigenvalue weighted by atomic mass is 10.3. The number of methoxy groups -OCH3 is 1. The molecule has 0 aliphatic rings. The van der Waals surface area contributed by atoms with Gasteiger partial charge in [0, 0.05) is 20.1 Å². The van der Waals surface area contributed by atoms with E-state index >= 15 is 0 Å². The number of aryl methyl sites for hydroxylation is 1. The SMILES string of the molecule is CCc1nnc(N[C@H](C)c2nncn2CCOC)o1. The Balaban J connectivity index is 2.02. The first-order valence-electron chi connectivity index (χ1n) is 6.20. The molecule has 2 rings (SSSR count). The molecule has 104 valence electrons. The molecule has 8 heteroatoms. The Kier molecular flexibility index (Phi) is 4.45. The van der Waals surface area contributed by atoms with E-state index in [4.69, 9.17) is 9.15 Å². The van der Waals surface area contributed by atoms with Crippen LogP contribution in [-0.2, 0) is 17.7 Å². The minimum Gasteiger partial charge on any atom is -0.408 e. The molecule has 0 aliphatic heterocycles. The van der Waals surface area contributed by atoms with E-state index in [0.29, 0.717) is 31.5 Å². The molecule has 0 unspecified atom stereocenters. The summed E-state index contributed by atoms with van der Waals surface area (Å²) in [4.78, 5) is 0. The average Bonchev–Trinajstić information content (AvgIpc) is 3.04. The Morgan fingerprint density at radius 2 is 2.26 bits per heavy atom. The van der Waals surface area contributed by atoms with Gasteiger partial charge in [0.2, 0.25) is 5.89 Å². The lowest BCUT2D eigenvalue weighted by molar-refractivity contribution is 0.186. The van der Waals surface area contributed by atoms with Crippen LogP contribution in [0.2, 0.25) is 0 Å². The van der Waals surface area contributed by atoms with Crippen molar-refractivity contribution in [1.29, 1.82) is 0 Å². The van der Waals surface area contributed by atoms with E-state index in [-0.39, 0.29) is 6.04 Å². The highest BCUT2D eigenvalue weighted by molar-refractivity contribution is 5.21. The molecule has 0 bridgehead atoms. The standard InChI is InChI=1S/C11H18N6O2/c1-4-9-14-16-11(19-9)13-8(2)10-15-12-7-17(10)5-6-18-3/h7-8H,4-6H2,1-3H3,(H,13,16)/t8-/m1/s1. The molecule has 1 N–H and O–H groups in total. The van der Waals surface area contributed by atoms with Crippen LogP contribution in [0.3, 0.4) is 0 Å². The molecule has 19 heavy (non-hydrogen) atoms. The van der Waals surface area contributed by atoms with Crippen molar-refractivity contribution in [3.05, 3.63) is 18.0 Å². The summed E-state index contributed by atoms with van der Waals surface area (Å²) >= 11 is 0. The molecule has 0 saturated carbocycles. The van der Waals surface area contributed by atoms with Crippen molar-refractivity contribution in [2.45, 2.75) is 32.9 Å². The predicted molar refractivity (Wildman–Crippen MR) is 67.6 cm³/mol. The minimum atomic E-state index is -0.0792. The fourth-order valence-electron chi connectivity index (χ4n) is 1.67. The lowest BCUT2D eigenvalue weighted by Gasteiger charge is -2.12. The first-order chi connectivity index (χ1) is 9.24. The number of nitrogens with zero attached hydrogens (tertiary/aromatic N) is 5. The number of ether oxygens (including phenoxy) is 1. The third-order valence-electron chi connectivity index (χ3n) is 2.68. The molecule has 2 heterocycles. The van der Waals surface area contributed by atoms with E-state index < -0.39 is 0 Å². The maximum absolute atomic E-state index is 5.41. The summed E-state index contributed by atoms with van der Waals surface area (Å²) in [5, 5.41) is 18.9. The second-order valence-electron chi connectivity index (χ2n) is 4.10. The minimum absolute atomic E-state index is 0.0792. The van der Waals surface area contributed by atoms with Crippen molar-refractivity contribution in [1.82, 2.24) is 25.0 Å². The first-order valence-corrected chi connectivity index (χ1v) is 6.20. The van der Waals surface area contributed by atoms with Crippen molar-refractivity contribution in [3.8, 4) is 0 Å². The van der Waals surface area contributed by atoms with E-state index in [2.05, 4.69) is 25.7 Å². The number of nitrogens with one attached hydrogen (secondary N) is 1. The summed E-state index contributed by atoms with van der Waals surface area (Å²) < 4.78 is 12.4. The summed E-state index contributed by atoms with van der Waals surface area (Å²) in [6.07, 6.45) is 2.39. The zero-order chi connectivity index (χ0) is 13.7. The molecule has 0 aliphatic carbocycles. The maximum Gasteiger partial charge on any atom is 0.316 e. The van der Waals surface area contributed by atoms with Gasteiger partial charge in [0.1, 0.15) is 6.33 Å². The Bertz CT molecular complexity index is 509. The molecule has 8 nitrogen and oxygen atoms in total. The van der Waals surface area contributed by atoms with Crippen molar-refractivity contribution in [2.24, 2.45) is 0 Å². The number of anilines is 1. The molecule has 0 amide bonds. The Labute approximate surface area is 111 Å². The summed E-state index contributed by atoms with van der Waals surface area (Å²) in [6.45, 7) is 5.23. The van der Waals surface area contributed by atoms with Crippen molar-refractivity contribution < 1.29 is 9.15 Å². The van der Waals surface area contributed by atoms with Gasteiger partial charge in [-0.25, -0.2) is 0 Å². The molecular weight excluding hydrogens is 248 g/mol. The summed E-state index contributed by atoms with van der Waals surface area (Å²) in [5.74, 6) is 1.41.